The molecule has 5 heteroatoms. The molecule has 3 rings (SSSR count). The second-order valence-corrected chi connectivity index (χ2v) is 6.32. The molecule has 0 atom stereocenters. The highest BCUT2D eigenvalue weighted by Gasteiger charge is 2.15. The lowest BCUT2D eigenvalue weighted by Gasteiger charge is -2.05. The zero-order valence-electron chi connectivity index (χ0n) is 11.7. The molecule has 0 radical (unpaired) electrons. The van der Waals surface area contributed by atoms with Crippen molar-refractivity contribution in [2.45, 2.75) is 20.5 Å². The van der Waals surface area contributed by atoms with Crippen LogP contribution in [-0.2, 0) is 6.61 Å². The van der Waals surface area contributed by atoms with E-state index in [4.69, 9.17) is 11.6 Å². The fourth-order valence-electron chi connectivity index (χ4n) is 2.38. The van der Waals surface area contributed by atoms with Gasteiger partial charge in [-0.05, 0) is 59.1 Å². The van der Waals surface area contributed by atoms with Crippen LogP contribution in [0.25, 0.3) is 16.9 Å². The predicted octanol–water partition coefficient (Wildman–Crippen LogP) is 4.53. The Kier molecular flexibility index (Phi) is 3.78. The van der Waals surface area contributed by atoms with Gasteiger partial charge in [-0.2, -0.15) is 0 Å². The van der Waals surface area contributed by atoms with E-state index in [1.165, 1.54) is 0 Å². The van der Waals surface area contributed by atoms with Crippen molar-refractivity contribution in [1.29, 1.82) is 0 Å². The maximum absolute atomic E-state index is 9.75. The molecule has 108 valence electrons. The molecule has 0 aliphatic rings. The van der Waals surface area contributed by atoms with E-state index in [2.05, 4.69) is 20.9 Å². The van der Waals surface area contributed by atoms with E-state index in [0.29, 0.717) is 0 Å². The van der Waals surface area contributed by atoms with E-state index in [9.17, 15) is 5.11 Å². The van der Waals surface area contributed by atoms with Crippen molar-refractivity contribution >= 4 is 33.2 Å². The number of imidazole rings is 1. The van der Waals surface area contributed by atoms with Crippen LogP contribution in [0.15, 0.2) is 34.9 Å². The van der Waals surface area contributed by atoms with Crippen molar-refractivity contribution in [2.75, 3.05) is 0 Å². The van der Waals surface area contributed by atoms with Gasteiger partial charge in [0, 0.05) is 21.3 Å². The molecule has 21 heavy (non-hydrogen) atoms. The number of fused-ring (bicyclic) bond motifs is 1. The molecule has 0 bridgehead atoms. The Morgan fingerprint density at radius 2 is 2.00 bits per heavy atom. The molecule has 0 aliphatic carbocycles. The fourth-order valence-corrected chi connectivity index (χ4v) is 2.82. The van der Waals surface area contributed by atoms with Crippen molar-refractivity contribution in [3.63, 3.8) is 0 Å². The second-order valence-electron chi connectivity index (χ2n) is 5.06. The Morgan fingerprint density at radius 3 is 2.67 bits per heavy atom. The quantitative estimate of drug-likeness (QED) is 0.724. The third-order valence-corrected chi connectivity index (χ3v) is 4.84. The van der Waals surface area contributed by atoms with Gasteiger partial charge in [0.15, 0.2) is 0 Å². The van der Waals surface area contributed by atoms with E-state index in [1.807, 2.05) is 48.7 Å². The summed E-state index contributed by atoms with van der Waals surface area (Å²) in [5.41, 5.74) is 5.44. The number of aryl methyl sites for hydroxylation is 2. The van der Waals surface area contributed by atoms with Gasteiger partial charge in [-0.1, -0.05) is 17.7 Å². The van der Waals surface area contributed by atoms with Gasteiger partial charge in [-0.15, -0.1) is 0 Å². The van der Waals surface area contributed by atoms with Gasteiger partial charge in [0.25, 0.3) is 0 Å². The maximum Gasteiger partial charge on any atom is 0.138 e. The second kappa shape index (κ2) is 5.44. The highest BCUT2D eigenvalue weighted by molar-refractivity contribution is 9.10. The van der Waals surface area contributed by atoms with Crippen molar-refractivity contribution in [1.82, 2.24) is 9.38 Å². The molecular formula is C16H14BrClN2O. The van der Waals surface area contributed by atoms with Gasteiger partial charge in [0.05, 0.1) is 18.0 Å². The molecule has 1 N–H and O–H groups in total. The number of pyridine rings is 1. The smallest absolute Gasteiger partial charge is 0.138 e. The van der Waals surface area contributed by atoms with Gasteiger partial charge in [-0.25, -0.2) is 4.98 Å². The fraction of sp³-hybridized carbons (Fsp3) is 0.188. The molecule has 0 unspecified atom stereocenters. The molecule has 0 aliphatic heterocycles. The van der Waals surface area contributed by atoms with Crippen LogP contribution in [0.2, 0.25) is 5.02 Å². The zero-order valence-corrected chi connectivity index (χ0v) is 14.0. The average molecular weight is 366 g/mol. The number of aliphatic hydroxyl groups is 1. The third kappa shape index (κ3) is 2.48. The predicted molar refractivity (Wildman–Crippen MR) is 88.7 cm³/mol. The summed E-state index contributed by atoms with van der Waals surface area (Å²) < 4.78 is 2.90. The van der Waals surface area contributed by atoms with Gasteiger partial charge < -0.3 is 5.11 Å². The molecule has 2 heterocycles. The highest BCUT2D eigenvalue weighted by atomic mass is 79.9. The van der Waals surface area contributed by atoms with Crippen molar-refractivity contribution in [3.8, 4) is 11.3 Å². The summed E-state index contributed by atoms with van der Waals surface area (Å²) in [4.78, 5) is 4.67. The Labute approximate surface area is 136 Å². The van der Waals surface area contributed by atoms with Gasteiger partial charge in [0.2, 0.25) is 0 Å². The number of aromatic nitrogens is 2. The summed E-state index contributed by atoms with van der Waals surface area (Å²) in [6, 6.07) is 7.78. The lowest BCUT2D eigenvalue weighted by molar-refractivity contribution is 0.276. The summed E-state index contributed by atoms with van der Waals surface area (Å²) in [5, 5.41) is 10.5. The van der Waals surface area contributed by atoms with E-state index in [0.717, 1.165) is 43.2 Å². The molecule has 2 aromatic heterocycles. The van der Waals surface area contributed by atoms with Crippen LogP contribution < -0.4 is 0 Å². The molecule has 0 fully saturated rings. The Hall–Kier alpha value is -1.36. The Morgan fingerprint density at radius 1 is 1.24 bits per heavy atom. The first kappa shape index (κ1) is 14.6. The van der Waals surface area contributed by atoms with Crippen LogP contribution >= 0.6 is 27.5 Å². The third-order valence-electron chi connectivity index (χ3n) is 3.58. The minimum atomic E-state index is -0.0757. The van der Waals surface area contributed by atoms with E-state index < -0.39 is 0 Å². The largest absolute Gasteiger partial charge is 0.390 e. The first-order valence-corrected chi connectivity index (χ1v) is 7.73. The summed E-state index contributed by atoms with van der Waals surface area (Å²) in [6.07, 6.45) is 1.94. The molecular weight excluding hydrogens is 352 g/mol. The summed E-state index contributed by atoms with van der Waals surface area (Å²) in [5.74, 6) is 0. The number of rotatable bonds is 2. The standard InChI is InChI=1S/C16H14BrClN2O/c1-9-6-15-19-16(11-3-4-13(18)10(2)5-11)14(8-21)20(15)7-12(9)17/h3-7,21H,8H2,1-2H3. The molecule has 0 amide bonds. The molecule has 3 nitrogen and oxygen atoms in total. The van der Waals surface area contributed by atoms with Gasteiger partial charge in [0.1, 0.15) is 5.65 Å². The van der Waals surface area contributed by atoms with Gasteiger partial charge in [-0.3, -0.25) is 4.40 Å². The Balaban J connectivity index is 2.29. The Bertz CT molecular complexity index is 842. The SMILES string of the molecule is Cc1cc(-c2nc3cc(C)c(Br)cn3c2CO)ccc1Cl. The minimum absolute atomic E-state index is 0.0757. The van der Waals surface area contributed by atoms with Crippen LogP contribution in [0, 0.1) is 13.8 Å². The number of hydrogen-bond donors (Lipinski definition) is 1. The number of hydrogen-bond acceptors (Lipinski definition) is 2. The van der Waals surface area contributed by atoms with Crippen molar-refractivity contribution in [3.05, 3.63) is 56.8 Å². The lowest BCUT2D eigenvalue weighted by atomic mass is 10.1. The molecule has 3 aromatic rings. The molecule has 0 spiro atoms. The summed E-state index contributed by atoms with van der Waals surface area (Å²) >= 11 is 9.60. The van der Waals surface area contributed by atoms with Crippen LogP contribution in [0.4, 0.5) is 0 Å². The van der Waals surface area contributed by atoms with Crippen LogP contribution in [0.5, 0.6) is 0 Å². The highest BCUT2D eigenvalue weighted by Crippen LogP contribution is 2.29. The van der Waals surface area contributed by atoms with E-state index in [-0.39, 0.29) is 6.61 Å². The summed E-state index contributed by atoms with van der Waals surface area (Å²) in [7, 11) is 0. The molecule has 0 saturated heterocycles. The van der Waals surface area contributed by atoms with E-state index in [1.54, 1.807) is 0 Å². The monoisotopic (exact) mass is 364 g/mol. The lowest BCUT2D eigenvalue weighted by Crippen LogP contribution is -1.95. The maximum atomic E-state index is 9.75. The number of halogens is 2. The first-order valence-electron chi connectivity index (χ1n) is 6.55. The average Bonchev–Trinajstić information content (AvgIpc) is 2.80. The molecule has 1 aromatic carbocycles. The van der Waals surface area contributed by atoms with Crippen LogP contribution in [-0.4, -0.2) is 14.5 Å². The topological polar surface area (TPSA) is 37.5 Å². The van der Waals surface area contributed by atoms with E-state index >= 15 is 0 Å². The van der Waals surface area contributed by atoms with Gasteiger partial charge >= 0.3 is 0 Å². The summed E-state index contributed by atoms with van der Waals surface area (Å²) in [6.45, 7) is 3.90. The van der Waals surface area contributed by atoms with Crippen LogP contribution in [0.1, 0.15) is 16.8 Å². The minimum Gasteiger partial charge on any atom is -0.390 e. The van der Waals surface area contributed by atoms with Crippen molar-refractivity contribution < 1.29 is 5.11 Å². The van der Waals surface area contributed by atoms with Crippen molar-refractivity contribution in [2.24, 2.45) is 0 Å². The normalized spacial score (nSPS) is 11.3. The number of nitrogens with zero attached hydrogens (tertiary/aromatic N) is 2. The molecule has 0 saturated carbocycles. The van der Waals surface area contributed by atoms with Crippen LogP contribution in [0.3, 0.4) is 0 Å². The first-order chi connectivity index (χ1) is 10.0. The number of benzene rings is 1. The zero-order chi connectivity index (χ0) is 15.1. The number of aliphatic hydroxyl groups excluding tert-OH is 1.